The van der Waals surface area contributed by atoms with Gasteiger partial charge in [-0.05, 0) is 46.4 Å². The first-order chi connectivity index (χ1) is 5.49. The van der Waals surface area contributed by atoms with E-state index in [1.165, 1.54) is 5.57 Å². The van der Waals surface area contributed by atoms with E-state index in [2.05, 4.69) is 45.7 Å². The second-order valence-electron chi connectivity index (χ2n) is 3.81. The molecule has 12 heavy (non-hydrogen) atoms. The standard InChI is InChI=1S/C10H22N2/c1-8(2)12(9(3)4)7-10(5)6-11/h7-9H,6,11H2,1-5H3. The Morgan fingerprint density at radius 3 is 1.92 bits per heavy atom. The van der Waals surface area contributed by atoms with Gasteiger partial charge in [-0.1, -0.05) is 0 Å². The number of hydrogen-bond acceptors (Lipinski definition) is 2. The predicted octanol–water partition coefficient (Wildman–Crippen LogP) is 1.97. The van der Waals surface area contributed by atoms with Crippen LogP contribution in [0.1, 0.15) is 34.6 Å². The highest BCUT2D eigenvalue weighted by molar-refractivity contribution is 5.00. The van der Waals surface area contributed by atoms with Crippen molar-refractivity contribution in [3.05, 3.63) is 11.8 Å². The Morgan fingerprint density at radius 1 is 1.25 bits per heavy atom. The summed E-state index contributed by atoms with van der Waals surface area (Å²) < 4.78 is 0. The van der Waals surface area contributed by atoms with Crippen LogP contribution in [0.5, 0.6) is 0 Å². The molecule has 0 atom stereocenters. The summed E-state index contributed by atoms with van der Waals surface area (Å²) in [7, 11) is 0. The minimum atomic E-state index is 0.548. The fourth-order valence-electron chi connectivity index (χ4n) is 1.20. The van der Waals surface area contributed by atoms with E-state index in [0.29, 0.717) is 18.6 Å². The molecule has 0 unspecified atom stereocenters. The largest absolute Gasteiger partial charge is 0.373 e. The lowest BCUT2D eigenvalue weighted by molar-refractivity contribution is 0.254. The minimum Gasteiger partial charge on any atom is -0.373 e. The van der Waals surface area contributed by atoms with E-state index < -0.39 is 0 Å². The highest BCUT2D eigenvalue weighted by atomic mass is 15.2. The average Bonchev–Trinajstić information content (AvgIpc) is 1.98. The van der Waals surface area contributed by atoms with Crippen LogP contribution in [0.4, 0.5) is 0 Å². The molecule has 0 aliphatic heterocycles. The summed E-state index contributed by atoms with van der Waals surface area (Å²) in [6.07, 6.45) is 2.16. The van der Waals surface area contributed by atoms with Crippen LogP contribution in [0.25, 0.3) is 0 Å². The second-order valence-corrected chi connectivity index (χ2v) is 3.81. The molecule has 0 amide bonds. The van der Waals surface area contributed by atoms with Gasteiger partial charge in [0.2, 0.25) is 0 Å². The maximum atomic E-state index is 5.53. The van der Waals surface area contributed by atoms with Crippen molar-refractivity contribution >= 4 is 0 Å². The van der Waals surface area contributed by atoms with Gasteiger partial charge in [0.05, 0.1) is 0 Å². The predicted molar refractivity (Wildman–Crippen MR) is 54.9 cm³/mol. The normalized spacial score (nSPS) is 12.8. The molecular formula is C10H22N2. The monoisotopic (exact) mass is 170 g/mol. The van der Waals surface area contributed by atoms with Gasteiger partial charge in [0.25, 0.3) is 0 Å². The van der Waals surface area contributed by atoms with Gasteiger partial charge in [-0.15, -0.1) is 0 Å². The van der Waals surface area contributed by atoms with Crippen LogP contribution in [0.2, 0.25) is 0 Å². The lowest BCUT2D eigenvalue weighted by Gasteiger charge is -2.30. The van der Waals surface area contributed by atoms with Gasteiger partial charge in [-0.2, -0.15) is 0 Å². The van der Waals surface area contributed by atoms with Gasteiger partial charge >= 0.3 is 0 Å². The lowest BCUT2D eigenvalue weighted by Crippen LogP contribution is -2.32. The molecule has 0 radical (unpaired) electrons. The lowest BCUT2D eigenvalue weighted by atomic mass is 10.2. The van der Waals surface area contributed by atoms with Crippen molar-refractivity contribution in [3.8, 4) is 0 Å². The average molecular weight is 170 g/mol. The van der Waals surface area contributed by atoms with Gasteiger partial charge < -0.3 is 10.6 Å². The van der Waals surface area contributed by atoms with Crippen LogP contribution in [-0.4, -0.2) is 23.5 Å². The Bertz CT molecular complexity index is 140. The molecular weight excluding hydrogens is 148 g/mol. The molecule has 0 fully saturated rings. The Morgan fingerprint density at radius 2 is 1.67 bits per heavy atom. The zero-order valence-corrected chi connectivity index (χ0v) is 8.96. The van der Waals surface area contributed by atoms with Crippen LogP contribution >= 0.6 is 0 Å². The van der Waals surface area contributed by atoms with Crippen LogP contribution < -0.4 is 5.73 Å². The van der Waals surface area contributed by atoms with E-state index in [1.807, 2.05) is 0 Å². The van der Waals surface area contributed by atoms with Gasteiger partial charge in [-0.25, -0.2) is 0 Å². The molecule has 72 valence electrons. The number of nitrogens with zero attached hydrogens (tertiary/aromatic N) is 1. The smallest absolute Gasteiger partial charge is 0.0230 e. The Hall–Kier alpha value is -0.500. The molecule has 0 heterocycles. The Balaban J connectivity index is 4.32. The summed E-state index contributed by atoms with van der Waals surface area (Å²) in [5, 5.41) is 0. The van der Waals surface area contributed by atoms with Gasteiger partial charge in [-0.3, -0.25) is 0 Å². The maximum Gasteiger partial charge on any atom is 0.0230 e. The summed E-state index contributed by atoms with van der Waals surface area (Å²) in [6, 6.07) is 1.10. The van der Waals surface area contributed by atoms with Crippen LogP contribution in [0, 0.1) is 0 Å². The van der Waals surface area contributed by atoms with E-state index in [9.17, 15) is 0 Å². The second kappa shape index (κ2) is 5.20. The van der Waals surface area contributed by atoms with Crippen molar-refractivity contribution in [1.82, 2.24) is 4.90 Å². The Kier molecular flexibility index (Phi) is 4.98. The third-order valence-electron chi connectivity index (χ3n) is 1.88. The van der Waals surface area contributed by atoms with E-state index in [-0.39, 0.29) is 0 Å². The molecule has 0 bridgehead atoms. The topological polar surface area (TPSA) is 29.3 Å². The molecule has 0 rings (SSSR count). The summed E-state index contributed by atoms with van der Waals surface area (Å²) >= 11 is 0. The fourth-order valence-corrected chi connectivity index (χ4v) is 1.20. The molecule has 0 aliphatic carbocycles. The quantitative estimate of drug-likeness (QED) is 0.699. The van der Waals surface area contributed by atoms with Crippen molar-refractivity contribution in [1.29, 1.82) is 0 Å². The third-order valence-corrected chi connectivity index (χ3v) is 1.88. The van der Waals surface area contributed by atoms with E-state index >= 15 is 0 Å². The Labute approximate surface area is 76.4 Å². The molecule has 0 aromatic heterocycles. The molecule has 0 saturated heterocycles. The molecule has 0 aromatic rings. The van der Waals surface area contributed by atoms with Crippen molar-refractivity contribution in [2.24, 2.45) is 5.73 Å². The fraction of sp³-hybridized carbons (Fsp3) is 0.800. The highest BCUT2D eigenvalue weighted by Gasteiger charge is 2.08. The van der Waals surface area contributed by atoms with Crippen molar-refractivity contribution < 1.29 is 0 Å². The molecule has 2 N–H and O–H groups in total. The number of rotatable bonds is 4. The van der Waals surface area contributed by atoms with Crippen molar-refractivity contribution in [3.63, 3.8) is 0 Å². The molecule has 2 nitrogen and oxygen atoms in total. The van der Waals surface area contributed by atoms with Crippen LogP contribution in [-0.2, 0) is 0 Å². The SMILES string of the molecule is CC(=CN(C(C)C)C(C)C)CN. The summed E-state index contributed by atoms with van der Waals surface area (Å²) in [6.45, 7) is 11.5. The summed E-state index contributed by atoms with van der Waals surface area (Å²) in [5.74, 6) is 0. The van der Waals surface area contributed by atoms with E-state index in [4.69, 9.17) is 5.73 Å². The molecule has 0 aromatic carbocycles. The summed E-state index contributed by atoms with van der Waals surface area (Å²) in [5.41, 5.74) is 6.76. The van der Waals surface area contributed by atoms with Crippen LogP contribution in [0.15, 0.2) is 11.8 Å². The third kappa shape index (κ3) is 3.77. The molecule has 0 spiro atoms. The summed E-state index contributed by atoms with van der Waals surface area (Å²) in [4.78, 5) is 2.32. The van der Waals surface area contributed by atoms with Gasteiger partial charge in [0.15, 0.2) is 0 Å². The first-order valence-corrected chi connectivity index (χ1v) is 4.63. The number of hydrogen-bond donors (Lipinski definition) is 1. The van der Waals surface area contributed by atoms with Crippen LogP contribution in [0.3, 0.4) is 0 Å². The molecule has 0 saturated carbocycles. The maximum absolute atomic E-state index is 5.53. The zero-order valence-electron chi connectivity index (χ0n) is 8.96. The first kappa shape index (κ1) is 11.5. The van der Waals surface area contributed by atoms with Gasteiger partial charge in [0.1, 0.15) is 0 Å². The number of nitrogens with two attached hydrogens (primary N) is 1. The van der Waals surface area contributed by atoms with Gasteiger partial charge in [0, 0.05) is 18.6 Å². The van der Waals surface area contributed by atoms with E-state index in [0.717, 1.165) is 0 Å². The minimum absolute atomic E-state index is 0.548. The first-order valence-electron chi connectivity index (χ1n) is 4.63. The zero-order chi connectivity index (χ0) is 9.72. The van der Waals surface area contributed by atoms with Crippen molar-refractivity contribution in [2.45, 2.75) is 46.7 Å². The molecule has 2 heteroatoms. The highest BCUT2D eigenvalue weighted by Crippen LogP contribution is 2.07. The van der Waals surface area contributed by atoms with E-state index in [1.54, 1.807) is 0 Å². The van der Waals surface area contributed by atoms with Crippen molar-refractivity contribution in [2.75, 3.05) is 6.54 Å². The molecule has 0 aliphatic rings.